The van der Waals surface area contributed by atoms with Crippen LogP contribution in [-0.4, -0.2) is 116 Å². The number of alkyl halides is 3. The van der Waals surface area contributed by atoms with Crippen molar-refractivity contribution >= 4 is 46.9 Å². The third-order valence-electron chi connectivity index (χ3n) is 10.6. The number of halogens is 3. The van der Waals surface area contributed by atoms with Gasteiger partial charge >= 0.3 is 11.6 Å². The lowest BCUT2D eigenvalue weighted by Gasteiger charge is -2.43. The van der Waals surface area contributed by atoms with E-state index >= 15 is 0 Å². The molecule has 3 saturated heterocycles. The molecule has 2 aromatic heterocycles. The van der Waals surface area contributed by atoms with Gasteiger partial charge in [-0.1, -0.05) is 12.1 Å². The third-order valence-corrected chi connectivity index (χ3v) is 10.7. The van der Waals surface area contributed by atoms with Gasteiger partial charge in [0.2, 0.25) is 5.91 Å². The van der Waals surface area contributed by atoms with Crippen LogP contribution in [-0.2, 0) is 17.9 Å². The van der Waals surface area contributed by atoms with Crippen molar-refractivity contribution in [3.63, 3.8) is 0 Å². The van der Waals surface area contributed by atoms with E-state index < -0.39 is 17.5 Å². The Bertz CT molecular complexity index is 2120. The van der Waals surface area contributed by atoms with Crippen LogP contribution in [0.5, 0.6) is 5.75 Å². The van der Waals surface area contributed by atoms with Gasteiger partial charge in [-0.15, -0.1) is 8.78 Å². The molecule has 3 fully saturated rings. The van der Waals surface area contributed by atoms with Gasteiger partial charge in [-0.25, -0.2) is 19.8 Å². The van der Waals surface area contributed by atoms with E-state index in [1.54, 1.807) is 12.3 Å². The summed E-state index contributed by atoms with van der Waals surface area (Å²) in [6, 6.07) is 14.8. The number of hydrogen-bond donors (Lipinski definition) is 3. The van der Waals surface area contributed by atoms with Crippen LogP contribution < -0.4 is 20.3 Å². The summed E-state index contributed by atoms with van der Waals surface area (Å²) in [6.45, 7) is 6.54. The van der Waals surface area contributed by atoms with Gasteiger partial charge < -0.3 is 15.0 Å². The number of hydrogen-bond acceptors (Lipinski definition) is 10. The molecule has 0 saturated carbocycles. The van der Waals surface area contributed by atoms with Crippen molar-refractivity contribution in [1.29, 1.82) is 0 Å². The van der Waals surface area contributed by atoms with Crippen LogP contribution >= 0.6 is 11.6 Å². The summed E-state index contributed by atoms with van der Waals surface area (Å²) in [6.07, 6.45) is 5.32. The molecule has 0 unspecified atom stereocenters. The highest BCUT2D eigenvalue weighted by Crippen LogP contribution is 2.33. The average Bonchev–Trinajstić information content (AvgIpc) is 3.84. The van der Waals surface area contributed by atoms with Crippen molar-refractivity contribution < 1.29 is 32.7 Å². The maximum absolute atomic E-state index is 13.2. The molecule has 56 heavy (non-hydrogen) atoms. The predicted molar refractivity (Wildman–Crippen MR) is 201 cm³/mol. The van der Waals surface area contributed by atoms with Gasteiger partial charge in [0, 0.05) is 99.1 Å². The second-order valence-electron chi connectivity index (χ2n) is 14.2. The summed E-state index contributed by atoms with van der Waals surface area (Å²) in [5, 5.41) is 15.0. The molecular formula is C38H39ClF2N10O5. The Labute approximate surface area is 325 Å². The molecule has 2 aromatic carbocycles. The molecule has 18 heteroatoms. The zero-order valence-electron chi connectivity index (χ0n) is 30.2. The topological polar surface area (TPSA) is 159 Å². The minimum atomic E-state index is -3.84. The summed E-state index contributed by atoms with van der Waals surface area (Å²) in [5.41, 5.74) is 0.809. The highest BCUT2D eigenvalue weighted by molar-refractivity contribution is 6.20. The Kier molecular flexibility index (Phi) is 10.3. The van der Waals surface area contributed by atoms with E-state index in [4.69, 9.17) is 16.6 Å². The number of hydrazine groups is 1. The molecule has 5 amide bonds. The number of piperidine rings is 1. The normalized spacial score (nSPS) is 18.6. The minimum Gasteiger partial charge on any atom is -0.420 e. The van der Waals surface area contributed by atoms with E-state index in [1.165, 1.54) is 40.5 Å². The second-order valence-corrected chi connectivity index (χ2v) is 14.6. The number of urea groups is 1. The second kappa shape index (κ2) is 15.5. The summed E-state index contributed by atoms with van der Waals surface area (Å²) in [5.74, 6) is -0.390. The number of anilines is 2. The molecule has 8 rings (SSSR count). The van der Waals surface area contributed by atoms with E-state index in [2.05, 4.69) is 46.3 Å². The third kappa shape index (κ3) is 8.15. The van der Waals surface area contributed by atoms with E-state index in [9.17, 15) is 28.0 Å². The molecule has 0 bridgehead atoms. The Morgan fingerprint density at radius 1 is 0.929 bits per heavy atom. The van der Waals surface area contributed by atoms with E-state index in [0.29, 0.717) is 35.1 Å². The van der Waals surface area contributed by atoms with Crippen LogP contribution in [0.15, 0.2) is 67.0 Å². The highest BCUT2D eigenvalue weighted by Gasteiger charge is 2.37. The van der Waals surface area contributed by atoms with Crippen LogP contribution in [0, 0.1) is 0 Å². The molecule has 4 aromatic rings. The van der Waals surface area contributed by atoms with Crippen LogP contribution in [0.3, 0.4) is 0 Å². The number of pyridine rings is 1. The number of carbonyl (C=O) groups is 4. The average molecular weight is 789 g/mol. The maximum Gasteiger partial charge on any atom is 0.487 e. The number of carbonyl (C=O) groups excluding carboxylic acids is 4. The van der Waals surface area contributed by atoms with Crippen LogP contribution in [0.4, 0.5) is 25.1 Å². The zero-order valence-corrected chi connectivity index (χ0v) is 31.0. The van der Waals surface area contributed by atoms with E-state index in [0.717, 1.165) is 81.2 Å². The summed E-state index contributed by atoms with van der Waals surface area (Å²) >= 11 is 4.84. The monoisotopic (exact) mass is 788 g/mol. The number of rotatable bonds is 10. The molecular weight excluding hydrogens is 750 g/mol. The molecule has 3 N–H and O–H groups in total. The SMILES string of the molecule is O=C1CCN(N2Cc3cc(CN4CCN(C5CCN(c6ncc(C(=O)Nc7ccc(OC(F)(F)Cl)cc7)cc6-c6cc[nH]n6)CC5)CC4)ccc3C2=O)C(=O)N1. The van der Waals surface area contributed by atoms with E-state index in [-0.39, 0.29) is 30.5 Å². The van der Waals surface area contributed by atoms with Crippen molar-refractivity contribution in [2.24, 2.45) is 0 Å². The molecule has 6 heterocycles. The van der Waals surface area contributed by atoms with Gasteiger partial charge in [0.15, 0.2) is 0 Å². The number of nitrogens with one attached hydrogen (secondary N) is 3. The Balaban J connectivity index is 0.844. The molecule has 0 aliphatic carbocycles. The number of fused-ring (bicyclic) bond motifs is 1. The molecule has 0 atom stereocenters. The first-order chi connectivity index (χ1) is 27.0. The van der Waals surface area contributed by atoms with Crippen molar-refractivity contribution in [1.82, 2.24) is 40.3 Å². The first-order valence-electron chi connectivity index (χ1n) is 18.4. The van der Waals surface area contributed by atoms with Crippen molar-refractivity contribution in [3.8, 4) is 17.0 Å². The lowest BCUT2D eigenvalue weighted by atomic mass is 10.0. The van der Waals surface area contributed by atoms with Crippen LogP contribution in [0.25, 0.3) is 11.3 Å². The smallest absolute Gasteiger partial charge is 0.420 e. The van der Waals surface area contributed by atoms with Crippen molar-refractivity contribution in [3.05, 3.63) is 89.2 Å². The number of aromatic amines is 1. The molecule has 292 valence electrons. The Morgan fingerprint density at radius 3 is 2.39 bits per heavy atom. The highest BCUT2D eigenvalue weighted by atomic mass is 35.5. The maximum atomic E-state index is 13.2. The lowest BCUT2D eigenvalue weighted by molar-refractivity contribution is -0.123. The van der Waals surface area contributed by atoms with Gasteiger partial charge in [0.05, 0.1) is 24.3 Å². The molecule has 0 spiro atoms. The van der Waals surface area contributed by atoms with E-state index in [1.807, 2.05) is 18.2 Å². The molecule has 15 nitrogen and oxygen atoms in total. The van der Waals surface area contributed by atoms with Gasteiger partial charge in [0.1, 0.15) is 11.6 Å². The fraction of sp³-hybridized carbons (Fsp3) is 0.368. The largest absolute Gasteiger partial charge is 0.487 e. The first-order valence-corrected chi connectivity index (χ1v) is 18.8. The summed E-state index contributed by atoms with van der Waals surface area (Å²) < 4.78 is 30.3. The Morgan fingerprint density at radius 2 is 1.70 bits per heavy atom. The fourth-order valence-electron chi connectivity index (χ4n) is 7.80. The number of nitrogens with zero attached hydrogens (tertiary/aromatic N) is 7. The van der Waals surface area contributed by atoms with Crippen LogP contribution in [0.2, 0.25) is 0 Å². The van der Waals surface area contributed by atoms with Gasteiger partial charge in [-0.05, 0) is 66.4 Å². The zero-order chi connectivity index (χ0) is 39.0. The van der Waals surface area contributed by atoms with Crippen molar-refractivity contribution in [2.45, 2.75) is 44.0 Å². The van der Waals surface area contributed by atoms with Gasteiger partial charge in [-0.2, -0.15) is 5.10 Å². The predicted octanol–water partition coefficient (Wildman–Crippen LogP) is 4.49. The lowest BCUT2D eigenvalue weighted by Crippen LogP contribution is -2.56. The van der Waals surface area contributed by atoms with Gasteiger partial charge in [0.25, 0.3) is 11.8 Å². The summed E-state index contributed by atoms with van der Waals surface area (Å²) in [7, 11) is 0. The number of piperazine rings is 1. The standard InChI is InChI=1S/C38H39ClF2N10O5/c39-38(40,41)56-29-4-2-27(3-5-29)44-35(53)25-20-31(32-7-11-43-46-32)34(42-21-25)49-12-8-28(9-13-49)48-17-15-47(16-18-48)22-24-1-6-30-26(19-24)23-51(36(30)54)50-14-10-33(52)45-37(50)55/h1-7,11,19-21,28H,8-10,12-18,22-23H2,(H,43,46)(H,44,53)(H,45,52,55). The number of H-pyrrole nitrogens is 1. The fourth-order valence-corrected chi connectivity index (χ4v) is 7.89. The molecule has 0 radical (unpaired) electrons. The summed E-state index contributed by atoms with van der Waals surface area (Å²) in [4.78, 5) is 62.2. The Hall–Kier alpha value is -5.65. The van der Waals surface area contributed by atoms with Gasteiger partial charge in [-0.3, -0.25) is 34.6 Å². The quantitative estimate of drug-likeness (QED) is 0.196. The number of amides is 5. The number of aromatic nitrogens is 3. The molecule has 4 aliphatic rings. The number of benzene rings is 2. The minimum absolute atomic E-state index is 0.144. The molecule has 4 aliphatic heterocycles. The number of imide groups is 1. The van der Waals surface area contributed by atoms with Crippen molar-refractivity contribution in [2.75, 3.05) is 56.0 Å². The van der Waals surface area contributed by atoms with Crippen LogP contribution in [0.1, 0.15) is 51.1 Å². The number of ether oxygens (including phenoxy) is 1. The first kappa shape index (κ1) is 37.3.